The Balaban J connectivity index is 2.31. The molecule has 0 fully saturated rings. The number of ether oxygens (including phenoxy) is 2. The van der Waals surface area contributed by atoms with Crippen molar-refractivity contribution in [2.45, 2.75) is 12.5 Å². The molecule has 1 aromatic carbocycles. The Morgan fingerprint density at radius 1 is 1.50 bits per heavy atom. The van der Waals surface area contributed by atoms with Gasteiger partial charge in [-0.2, -0.15) is 0 Å². The van der Waals surface area contributed by atoms with Gasteiger partial charge in [0.2, 0.25) is 0 Å². The molecular weight excluding hydrogens is 226 g/mol. The molecule has 86 valence electrons. The maximum Gasteiger partial charge on any atom is 0.125 e. The maximum atomic E-state index is 6.11. The normalized spacial score (nSPS) is 16.6. The topological polar surface area (TPSA) is 44.5 Å². The summed E-state index contributed by atoms with van der Waals surface area (Å²) >= 11 is 5.89. The van der Waals surface area contributed by atoms with Crippen molar-refractivity contribution >= 4 is 11.6 Å². The van der Waals surface area contributed by atoms with Gasteiger partial charge in [0.15, 0.2) is 0 Å². The molecule has 1 atom stereocenters. The maximum absolute atomic E-state index is 6.11. The van der Waals surface area contributed by atoms with Gasteiger partial charge in [-0.05, 0) is 18.2 Å². The van der Waals surface area contributed by atoms with Crippen LogP contribution in [0.2, 0.25) is 5.02 Å². The van der Waals surface area contributed by atoms with E-state index >= 15 is 0 Å². The van der Waals surface area contributed by atoms with Crippen LogP contribution in [-0.2, 0) is 4.74 Å². The lowest BCUT2D eigenvalue weighted by atomic mass is 10.0. The van der Waals surface area contributed by atoms with Crippen molar-refractivity contribution in [2.75, 3.05) is 13.7 Å². The second-order valence-electron chi connectivity index (χ2n) is 3.61. The van der Waals surface area contributed by atoms with Gasteiger partial charge in [0.25, 0.3) is 0 Å². The molecule has 4 heteroatoms. The first-order valence-electron chi connectivity index (χ1n) is 5.14. The second kappa shape index (κ2) is 4.76. The summed E-state index contributed by atoms with van der Waals surface area (Å²) in [6.45, 7) is 0.707. The fourth-order valence-electron chi connectivity index (χ4n) is 1.75. The van der Waals surface area contributed by atoms with E-state index in [9.17, 15) is 0 Å². The van der Waals surface area contributed by atoms with Crippen LogP contribution < -0.4 is 10.5 Å². The Labute approximate surface area is 99.8 Å². The van der Waals surface area contributed by atoms with Crippen LogP contribution in [0.5, 0.6) is 5.75 Å². The molecular formula is C12H14ClNO2. The molecule has 16 heavy (non-hydrogen) atoms. The van der Waals surface area contributed by atoms with Crippen molar-refractivity contribution in [3.05, 3.63) is 40.6 Å². The van der Waals surface area contributed by atoms with E-state index in [2.05, 4.69) is 0 Å². The molecule has 3 nitrogen and oxygen atoms in total. The van der Waals surface area contributed by atoms with Gasteiger partial charge < -0.3 is 15.2 Å². The van der Waals surface area contributed by atoms with E-state index in [4.69, 9.17) is 26.8 Å². The molecule has 0 spiro atoms. The summed E-state index contributed by atoms with van der Waals surface area (Å²) in [5.74, 6) is 1.50. The zero-order valence-electron chi connectivity index (χ0n) is 9.07. The highest BCUT2D eigenvalue weighted by Crippen LogP contribution is 2.32. The molecule has 1 heterocycles. The van der Waals surface area contributed by atoms with Gasteiger partial charge in [-0.3, -0.25) is 0 Å². The van der Waals surface area contributed by atoms with Gasteiger partial charge >= 0.3 is 0 Å². The van der Waals surface area contributed by atoms with E-state index in [1.54, 1.807) is 19.2 Å². The summed E-state index contributed by atoms with van der Waals surface area (Å²) in [7, 11) is 1.60. The number of nitrogens with two attached hydrogens (primary N) is 1. The summed E-state index contributed by atoms with van der Waals surface area (Å²) in [5, 5.41) is 0.633. The molecule has 0 aromatic heterocycles. The molecule has 0 aliphatic carbocycles. The fraction of sp³-hybridized carbons (Fsp3) is 0.333. The minimum atomic E-state index is -0.283. The van der Waals surface area contributed by atoms with Crippen molar-refractivity contribution in [3.63, 3.8) is 0 Å². The molecule has 0 amide bonds. The predicted octanol–water partition coefficient (Wildman–Crippen LogP) is 2.65. The number of benzene rings is 1. The van der Waals surface area contributed by atoms with E-state index in [0.717, 1.165) is 17.7 Å². The van der Waals surface area contributed by atoms with Crippen molar-refractivity contribution < 1.29 is 9.47 Å². The first kappa shape index (κ1) is 11.3. The van der Waals surface area contributed by atoms with Crippen LogP contribution in [0.25, 0.3) is 0 Å². The highest BCUT2D eigenvalue weighted by atomic mass is 35.5. The summed E-state index contributed by atoms with van der Waals surface area (Å²) < 4.78 is 10.7. The Kier molecular flexibility index (Phi) is 3.36. The minimum Gasteiger partial charge on any atom is -0.496 e. The lowest BCUT2D eigenvalue weighted by molar-refractivity contribution is 0.224. The number of methoxy groups -OCH3 is 1. The van der Waals surface area contributed by atoms with E-state index in [-0.39, 0.29) is 6.04 Å². The Bertz CT molecular complexity index is 417. The van der Waals surface area contributed by atoms with Gasteiger partial charge in [0.1, 0.15) is 11.5 Å². The highest BCUT2D eigenvalue weighted by molar-refractivity contribution is 6.30. The Morgan fingerprint density at radius 2 is 2.31 bits per heavy atom. The summed E-state index contributed by atoms with van der Waals surface area (Å²) in [6.07, 6.45) is 2.93. The third-order valence-electron chi connectivity index (χ3n) is 2.57. The molecule has 1 aromatic rings. The predicted molar refractivity (Wildman–Crippen MR) is 63.6 cm³/mol. The molecule has 1 aliphatic heterocycles. The third kappa shape index (κ3) is 2.15. The smallest absolute Gasteiger partial charge is 0.125 e. The van der Waals surface area contributed by atoms with Gasteiger partial charge in [-0.1, -0.05) is 17.7 Å². The molecule has 0 bridgehead atoms. The molecule has 0 saturated carbocycles. The van der Waals surface area contributed by atoms with Gasteiger partial charge in [-0.25, -0.2) is 0 Å². The monoisotopic (exact) mass is 239 g/mol. The van der Waals surface area contributed by atoms with Crippen molar-refractivity contribution in [1.29, 1.82) is 0 Å². The van der Waals surface area contributed by atoms with Crippen LogP contribution in [-0.4, -0.2) is 13.7 Å². The average Bonchev–Trinajstić information content (AvgIpc) is 2.81. The number of halogens is 1. The van der Waals surface area contributed by atoms with Crippen molar-refractivity contribution in [3.8, 4) is 5.75 Å². The third-order valence-corrected chi connectivity index (χ3v) is 2.80. The fourth-order valence-corrected chi connectivity index (χ4v) is 1.91. The van der Waals surface area contributed by atoms with Crippen LogP contribution in [0.15, 0.2) is 30.0 Å². The second-order valence-corrected chi connectivity index (χ2v) is 4.04. The lowest BCUT2D eigenvalue weighted by Crippen LogP contribution is -2.14. The van der Waals surface area contributed by atoms with Crippen LogP contribution in [0.3, 0.4) is 0 Å². The van der Waals surface area contributed by atoms with Gasteiger partial charge in [0, 0.05) is 17.0 Å². The Hall–Kier alpha value is -1.19. The van der Waals surface area contributed by atoms with Crippen LogP contribution >= 0.6 is 11.6 Å². The first-order chi connectivity index (χ1) is 7.72. The summed E-state index contributed by atoms with van der Waals surface area (Å²) in [5.41, 5.74) is 7.00. The number of hydrogen-bond donors (Lipinski definition) is 1. The molecule has 1 aliphatic rings. The van der Waals surface area contributed by atoms with E-state index in [1.807, 2.05) is 12.1 Å². The van der Waals surface area contributed by atoms with E-state index < -0.39 is 0 Å². The van der Waals surface area contributed by atoms with E-state index in [1.165, 1.54) is 0 Å². The zero-order valence-corrected chi connectivity index (χ0v) is 9.83. The molecule has 2 N–H and O–H groups in total. The van der Waals surface area contributed by atoms with Crippen LogP contribution in [0.1, 0.15) is 18.0 Å². The van der Waals surface area contributed by atoms with Gasteiger partial charge in [0.05, 0.1) is 19.8 Å². The molecule has 1 unspecified atom stereocenters. The average molecular weight is 240 g/mol. The quantitative estimate of drug-likeness (QED) is 0.882. The standard InChI is InChI=1S/C12H14ClNO2/c1-15-11-7-8(13)4-5-9(11)12(14)10-3-2-6-16-10/h3-5,7,12H,2,6,14H2,1H3. The van der Waals surface area contributed by atoms with Crippen LogP contribution in [0, 0.1) is 0 Å². The molecule has 2 rings (SSSR count). The minimum absolute atomic E-state index is 0.283. The van der Waals surface area contributed by atoms with E-state index in [0.29, 0.717) is 17.4 Å². The molecule has 0 saturated heterocycles. The largest absolute Gasteiger partial charge is 0.496 e. The lowest BCUT2D eigenvalue weighted by Gasteiger charge is -2.16. The summed E-state index contributed by atoms with van der Waals surface area (Å²) in [4.78, 5) is 0. The number of hydrogen-bond acceptors (Lipinski definition) is 3. The van der Waals surface area contributed by atoms with Gasteiger partial charge in [-0.15, -0.1) is 0 Å². The van der Waals surface area contributed by atoms with Crippen molar-refractivity contribution in [2.24, 2.45) is 5.73 Å². The zero-order chi connectivity index (χ0) is 11.5. The van der Waals surface area contributed by atoms with Crippen molar-refractivity contribution in [1.82, 2.24) is 0 Å². The first-order valence-corrected chi connectivity index (χ1v) is 5.52. The molecule has 0 radical (unpaired) electrons. The SMILES string of the molecule is COc1cc(Cl)ccc1C(N)C1=CCCO1. The highest BCUT2D eigenvalue weighted by Gasteiger charge is 2.20. The summed E-state index contributed by atoms with van der Waals surface area (Å²) in [6, 6.07) is 5.14. The Morgan fingerprint density at radius 3 is 2.94 bits per heavy atom. The van der Waals surface area contributed by atoms with Crippen LogP contribution in [0.4, 0.5) is 0 Å². The number of rotatable bonds is 3.